The molecular weight excluding hydrogens is 333 g/mol. The Hall–Kier alpha value is -0.510. The van der Waals surface area contributed by atoms with Crippen LogP contribution in [0.1, 0.15) is 43.9 Å². The van der Waals surface area contributed by atoms with Crippen LogP contribution in [-0.2, 0) is 12.8 Å². The molecule has 0 radical (unpaired) electrons. The molecule has 1 N–H and O–H groups in total. The molecule has 1 heterocycles. The lowest BCUT2D eigenvalue weighted by Gasteiger charge is -2.22. The van der Waals surface area contributed by atoms with Crippen LogP contribution in [-0.4, -0.2) is 4.98 Å². The number of aromatic amines is 1. The van der Waals surface area contributed by atoms with Crippen LogP contribution in [0.3, 0.4) is 0 Å². The normalized spacial score (nSPS) is 19.1. The van der Waals surface area contributed by atoms with Crippen molar-refractivity contribution in [2.24, 2.45) is 5.92 Å². The Kier molecular flexibility index (Phi) is 3.64. The maximum absolute atomic E-state index is 3.65. The number of nitrogens with one attached hydrogen (secondary N) is 1. The Balaban J connectivity index is 1.90. The molecule has 1 nitrogen and oxygen atoms in total. The number of fused-ring (bicyclic) bond motifs is 3. The van der Waals surface area contributed by atoms with Gasteiger partial charge in [-0.15, -0.1) is 0 Å². The molecule has 0 saturated heterocycles. The van der Waals surface area contributed by atoms with Gasteiger partial charge in [0.2, 0.25) is 0 Å². The number of hydrogen-bond donors (Lipinski definition) is 1. The van der Waals surface area contributed by atoms with Crippen LogP contribution in [0.25, 0.3) is 10.9 Å². The first kappa shape index (κ1) is 12.5. The van der Waals surface area contributed by atoms with Gasteiger partial charge >= 0.3 is 0 Å². The third kappa shape index (κ3) is 2.31. The number of aryl methyl sites for hydroxylation is 1. The van der Waals surface area contributed by atoms with Crippen LogP contribution in [0.15, 0.2) is 18.2 Å². The minimum Gasteiger partial charge on any atom is -0.358 e. The summed E-state index contributed by atoms with van der Waals surface area (Å²) < 4.78 is 1.34. The summed E-state index contributed by atoms with van der Waals surface area (Å²) >= 11 is 2.41. The van der Waals surface area contributed by atoms with Gasteiger partial charge in [0.25, 0.3) is 0 Å². The second kappa shape index (κ2) is 5.24. The van der Waals surface area contributed by atoms with E-state index in [2.05, 4.69) is 52.7 Å². The Morgan fingerprint density at radius 2 is 2.28 bits per heavy atom. The van der Waals surface area contributed by atoms with Gasteiger partial charge < -0.3 is 4.98 Å². The molecule has 1 aliphatic rings. The molecule has 2 heteroatoms. The van der Waals surface area contributed by atoms with Gasteiger partial charge in [0.15, 0.2) is 0 Å². The molecule has 1 aromatic heterocycles. The summed E-state index contributed by atoms with van der Waals surface area (Å²) in [6.45, 7) is 2.29. The largest absolute Gasteiger partial charge is 0.358 e. The van der Waals surface area contributed by atoms with E-state index in [-0.39, 0.29) is 0 Å². The average molecular weight is 353 g/mol. The second-order valence-corrected chi connectivity index (χ2v) is 6.77. The number of H-pyrrole nitrogens is 1. The zero-order valence-corrected chi connectivity index (χ0v) is 13.1. The highest BCUT2D eigenvalue weighted by Gasteiger charge is 2.21. The van der Waals surface area contributed by atoms with Crippen molar-refractivity contribution in [1.82, 2.24) is 4.98 Å². The molecule has 96 valence electrons. The predicted molar refractivity (Wildman–Crippen MR) is 86.1 cm³/mol. The lowest BCUT2D eigenvalue weighted by Crippen LogP contribution is -2.13. The monoisotopic (exact) mass is 353 g/mol. The van der Waals surface area contributed by atoms with Crippen LogP contribution >= 0.6 is 22.6 Å². The smallest absolute Gasteiger partial charge is 0.0459 e. The van der Waals surface area contributed by atoms with Crippen molar-refractivity contribution in [2.75, 3.05) is 0 Å². The first-order valence-corrected chi connectivity index (χ1v) is 8.14. The molecule has 0 spiro atoms. The van der Waals surface area contributed by atoms with E-state index < -0.39 is 0 Å². The van der Waals surface area contributed by atoms with Gasteiger partial charge in [0.1, 0.15) is 0 Å². The van der Waals surface area contributed by atoms with E-state index in [4.69, 9.17) is 0 Å². The molecule has 1 unspecified atom stereocenters. The van der Waals surface area contributed by atoms with Crippen molar-refractivity contribution in [2.45, 2.75) is 45.4 Å². The number of halogens is 1. The van der Waals surface area contributed by atoms with E-state index >= 15 is 0 Å². The van der Waals surface area contributed by atoms with Gasteiger partial charge in [-0.2, -0.15) is 0 Å². The summed E-state index contributed by atoms with van der Waals surface area (Å²) in [7, 11) is 0. The first-order valence-electron chi connectivity index (χ1n) is 7.07. The standard InChI is InChI=1S/C16H20IN/c1-2-3-4-11-5-7-13-14-10-12(17)6-8-15(14)18-16(13)9-11/h6,8,10-11,18H,2-5,7,9H2,1H3. The fourth-order valence-corrected chi connectivity index (χ4v) is 3.71. The topological polar surface area (TPSA) is 15.8 Å². The Morgan fingerprint density at radius 3 is 3.11 bits per heavy atom. The summed E-state index contributed by atoms with van der Waals surface area (Å²) in [6.07, 6.45) is 8.03. The second-order valence-electron chi connectivity index (χ2n) is 5.52. The minimum atomic E-state index is 0.907. The lowest BCUT2D eigenvalue weighted by molar-refractivity contribution is 0.410. The van der Waals surface area contributed by atoms with Gasteiger partial charge in [-0.25, -0.2) is 0 Å². The van der Waals surface area contributed by atoms with Crippen molar-refractivity contribution < 1.29 is 0 Å². The highest BCUT2D eigenvalue weighted by atomic mass is 127. The molecule has 1 aliphatic carbocycles. The molecule has 1 aromatic carbocycles. The maximum atomic E-state index is 3.65. The van der Waals surface area contributed by atoms with Crippen molar-refractivity contribution >= 4 is 33.5 Å². The van der Waals surface area contributed by atoms with Crippen LogP contribution in [0.2, 0.25) is 0 Å². The number of hydrogen-bond acceptors (Lipinski definition) is 0. The fourth-order valence-electron chi connectivity index (χ4n) is 3.21. The molecule has 18 heavy (non-hydrogen) atoms. The lowest BCUT2D eigenvalue weighted by atomic mass is 9.84. The first-order chi connectivity index (χ1) is 8.78. The zero-order chi connectivity index (χ0) is 12.5. The summed E-state index contributed by atoms with van der Waals surface area (Å²) in [5.41, 5.74) is 4.44. The molecule has 1 atom stereocenters. The van der Waals surface area contributed by atoms with Crippen LogP contribution in [0.4, 0.5) is 0 Å². The maximum Gasteiger partial charge on any atom is 0.0459 e. The van der Waals surface area contributed by atoms with Crippen molar-refractivity contribution in [3.63, 3.8) is 0 Å². The van der Waals surface area contributed by atoms with Gasteiger partial charge in [0, 0.05) is 20.2 Å². The summed E-state index contributed by atoms with van der Waals surface area (Å²) in [5, 5.41) is 1.46. The van der Waals surface area contributed by atoms with E-state index in [1.807, 2.05) is 0 Å². The molecule has 2 aromatic rings. The summed E-state index contributed by atoms with van der Waals surface area (Å²) in [6, 6.07) is 6.76. The third-order valence-electron chi connectivity index (χ3n) is 4.22. The Labute approximate surface area is 122 Å². The molecular formula is C16H20IN. The molecule has 3 rings (SSSR count). The van der Waals surface area contributed by atoms with Crippen LogP contribution in [0.5, 0.6) is 0 Å². The molecule has 0 aliphatic heterocycles. The summed E-state index contributed by atoms with van der Waals surface area (Å²) in [5.74, 6) is 0.907. The number of benzene rings is 1. The quantitative estimate of drug-likeness (QED) is 0.742. The van der Waals surface area contributed by atoms with E-state index in [9.17, 15) is 0 Å². The minimum absolute atomic E-state index is 0.907. The van der Waals surface area contributed by atoms with E-state index in [0.29, 0.717) is 0 Å². The molecule has 0 amide bonds. The van der Waals surface area contributed by atoms with Crippen molar-refractivity contribution in [3.05, 3.63) is 33.0 Å². The SMILES string of the molecule is CCCCC1CCc2c([nH]c3ccc(I)cc23)C1. The van der Waals surface area contributed by atoms with E-state index in [0.717, 1.165) is 5.92 Å². The fraction of sp³-hybridized carbons (Fsp3) is 0.500. The molecule has 0 fully saturated rings. The van der Waals surface area contributed by atoms with Crippen molar-refractivity contribution in [1.29, 1.82) is 0 Å². The van der Waals surface area contributed by atoms with E-state index in [1.54, 1.807) is 5.56 Å². The molecule has 0 bridgehead atoms. The van der Waals surface area contributed by atoms with Gasteiger partial charge in [-0.1, -0.05) is 26.2 Å². The predicted octanol–water partition coefficient (Wildman–Crippen LogP) is 5.07. The van der Waals surface area contributed by atoms with Crippen LogP contribution in [0, 0.1) is 9.49 Å². The third-order valence-corrected chi connectivity index (χ3v) is 4.89. The van der Waals surface area contributed by atoms with Gasteiger partial charge in [0.05, 0.1) is 0 Å². The van der Waals surface area contributed by atoms with Gasteiger partial charge in [-0.05, 0) is 71.5 Å². The number of aromatic nitrogens is 1. The molecule has 0 saturated carbocycles. The van der Waals surface area contributed by atoms with E-state index in [1.165, 1.54) is 58.7 Å². The average Bonchev–Trinajstić information content (AvgIpc) is 2.73. The van der Waals surface area contributed by atoms with Crippen LogP contribution < -0.4 is 0 Å². The zero-order valence-electron chi connectivity index (χ0n) is 10.9. The van der Waals surface area contributed by atoms with Gasteiger partial charge in [-0.3, -0.25) is 0 Å². The highest BCUT2D eigenvalue weighted by Crippen LogP contribution is 2.34. The highest BCUT2D eigenvalue weighted by molar-refractivity contribution is 14.1. The number of rotatable bonds is 3. The van der Waals surface area contributed by atoms with Crippen molar-refractivity contribution in [3.8, 4) is 0 Å². The Bertz CT molecular complexity index is 555. The Morgan fingerprint density at radius 1 is 1.39 bits per heavy atom. The summed E-state index contributed by atoms with van der Waals surface area (Å²) in [4.78, 5) is 3.65. The number of unbranched alkanes of at least 4 members (excludes halogenated alkanes) is 1.